The first kappa shape index (κ1) is 19.1. The lowest BCUT2D eigenvalue weighted by Gasteiger charge is -2.13. The van der Waals surface area contributed by atoms with Gasteiger partial charge in [0.15, 0.2) is 0 Å². The van der Waals surface area contributed by atoms with Crippen molar-refractivity contribution in [1.29, 1.82) is 0 Å². The molecule has 2 aromatic heterocycles. The van der Waals surface area contributed by atoms with Gasteiger partial charge in [0.05, 0.1) is 28.9 Å². The van der Waals surface area contributed by atoms with Crippen LogP contribution in [0, 0.1) is 6.17 Å². The number of rotatable bonds is 4. The molecule has 3 aromatic rings. The van der Waals surface area contributed by atoms with Crippen LogP contribution in [0.1, 0.15) is 30.4 Å². The summed E-state index contributed by atoms with van der Waals surface area (Å²) in [6.07, 6.45) is 1.12. The summed E-state index contributed by atoms with van der Waals surface area (Å²) in [6.45, 7) is 2.02. The van der Waals surface area contributed by atoms with E-state index < -0.39 is 17.4 Å². The number of pyridine rings is 1. The number of nitrogens with zero attached hydrogens (tertiary/aromatic N) is 5. The third-order valence-electron chi connectivity index (χ3n) is 5.01. The van der Waals surface area contributed by atoms with E-state index >= 15 is 0 Å². The van der Waals surface area contributed by atoms with E-state index in [1.165, 1.54) is 23.0 Å². The van der Waals surface area contributed by atoms with Crippen LogP contribution in [0.5, 0.6) is 0 Å². The van der Waals surface area contributed by atoms with Crippen LogP contribution in [0.3, 0.4) is 0 Å². The number of fused-ring (bicyclic) bond motifs is 1. The second-order valence-electron chi connectivity index (χ2n) is 7.01. The van der Waals surface area contributed by atoms with Crippen LogP contribution in [-0.2, 0) is 6.18 Å². The Hall–Kier alpha value is -3.23. The number of hydrogen-bond donors (Lipinski definition) is 0. The Kier molecular flexibility index (Phi) is 4.60. The third-order valence-corrected chi connectivity index (χ3v) is 5.01. The number of azo groups is 1. The summed E-state index contributed by atoms with van der Waals surface area (Å²) in [5.74, 6) is 0.0799. The lowest BCUT2D eigenvalue weighted by atomic mass is 9.96. The van der Waals surface area contributed by atoms with Crippen LogP contribution in [-0.4, -0.2) is 26.9 Å². The maximum Gasteiger partial charge on any atom is 0.418 e. The molecule has 0 aliphatic carbocycles. The molecule has 6 nitrogen and oxygen atoms in total. The maximum absolute atomic E-state index is 13.3. The van der Waals surface area contributed by atoms with Gasteiger partial charge in [-0.3, -0.25) is 8.97 Å². The van der Waals surface area contributed by atoms with Crippen LogP contribution in [0.2, 0.25) is 0 Å². The van der Waals surface area contributed by atoms with Crippen LogP contribution in [0.15, 0.2) is 63.8 Å². The summed E-state index contributed by atoms with van der Waals surface area (Å²) in [7, 11) is 1.86. The zero-order valence-electron chi connectivity index (χ0n) is 15.8. The number of aromatic nitrogens is 2. The summed E-state index contributed by atoms with van der Waals surface area (Å²) < 4.78 is 44.0. The molecule has 1 aliphatic heterocycles. The van der Waals surface area contributed by atoms with Gasteiger partial charge < -0.3 is 0 Å². The molecule has 0 saturated heterocycles. The van der Waals surface area contributed by atoms with Crippen LogP contribution in [0.4, 0.5) is 13.2 Å². The smallest absolute Gasteiger partial charge is 0.267 e. The predicted octanol–water partition coefficient (Wildman–Crippen LogP) is 4.23. The summed E-state index contributed by atoms with van der Waals surface area (Å²) in [6, 6.07) is 9.42. The molecule has 0 amide bonds. The normalized spacial score (nSPS) is 15.8. The first-order chi connectivity index (χ1) is 13.8. The van der Waals surface area contributed by atoms with Crippen LogP contribution >= 0.6 is 0 Å². The first-order valence-electron chi connectivity index (χ1n) is 8.99. The molecule has 3 heterocycles. The second-order valence-corrected chi connectivity index (χ2v) is 7.01. The minimum absolute atomic E-state index is 0.0799. The SMILES string of the molecule is C[C@@H](C[C]1N=NC=[N+]1C)c1cccc(-n2cc3c(C(F)(F)F)cccn3c2=O)c1. The summed E-state index contributed by atoms with van der Waals surface area (Å²) in [4.78, 5) is 12.7. The van der Waals surface area contributed by atoms with Crippen molar-refractivity contribution in [3.63, 3.8) is 0 Å². The van der Waals surface area contributed by atoms with Gasteiger partial charge in [-0.25, -0.2) is 9.37 Å². The standard InChI is InChI=1S/C20H18F3N5O/c1-13(9-18-25-24-12-26(18)2)14-5-3-6-15(10-14)28-11-17-16(20(21,22)23)7-4-8-27(17)19(28)29/h3-8,10-13H,9H2,1-2H3/q+1/t13-/m0/s1. The first-order valence-corrected chi connectivity index (χ1v) is 8.99. The topological polar surface area (TPSA) is 54.1 Å². The fourth-order valence-corrected chi connectivity index (χ4v) is 3.40. The van der Waals surface area contributed by atoms with E-state index in [-0.39, 0.29) is 11.4 Å². The molecule has 0 unspecified atom stereocenters. The highest BCUT2D eigenvalue weighted by Gasteiger charge is 2.33. The van der Waals surface area contributed by atoms with Gasteiger partial charge in [-0.1, -0.05) is 19.1 Å². The lowest BCUT2D eigenvalue weighted by Crippen LogP contribution is -2.19. The molecule has 1 aliphatic rings. The Balaban J connectivity index is 1.73. The molecule has 9 heteroatoms. The Morgan fingerprint density at radius 2 is 2.00 bits per heavy atom. The van der Waals surface area contributed by atoms with Crippen molar-refractivity contribution in [3.05, 3.63) is 76.6 Å². The Morgan fingerprint density at radius 1 is 1.21 bits per heavy atom. The molecule has 0 bridgehead atoms. The lowest BCUT2D eigenvalue weighted by molar-refractivity contribution is -0.476. The Morgan fingerprint density at radius 3 is 2.69 bits per heavy atom. The highest BCUT2D eigenvalue weighted by Crippen LogP contribution is 2.32. The van der Waals surface area contributed by atoms with E-state index in [1.54, 1.807) is 18.5 Å². The zero-order chi connectivity index (χ0) is 20.8. The molecular formula is C20H18F3N5O+. The monoisotopic (exact) mass is 401 g/mol. The summed E-state index contributed by atoms with van der Waals surface area (Å²) in [5.41, 5.74) is -0.118. The predicted molar refractivity (Wildman–Crippen MR) is 101 cm³/mol. The second kappa shape index (κ2) is 6.98. The number of benzene rings is 1. The van der Waals surface area contributed by atoms with Gasteiger partial charge in [-0.2, -0.15) is 13.2 Å². The van der Waals surface area contributed by atoms with Gasteiger partial charge in [0, 0.05) is 18.8 Å². The van der Waals surface area contributed by atoms with Gasteiger partial charge in [-0.05, 0) is 40.9 Å². The quantitative estimate of drug-likeness (QED) is 0.604. The molecule has 0 fully saturated rings. The summed E-state index contributed by atoms with van der Waals surface area (Å²) in [5, 5.41) is 7.96. The number of alkyl halides is 3. The Labute approximate surface area is 164 Å². The molecule has 0 saturated carbocycles. The van der Waals surface area contributed by atoms with Gasteiger partial charge in [0.2, 0.25) is 0 Å². The molecule has 0 spiro atoms. The van der Waals surface area contributed by atoms with Crippen molar-refractivity contribution >= 4 is 11.9 Å². The van der Waals surface area contributed by atoms with Crippen molar-refractivity contribution in [2.45, 2.75) is 25.4 Å². The number of imidazole rings is 1. The third kappa shape index (κ3) is 3.48. The highest BCUT2D eigenvalue weighted by atomic mass is 19.4. The van der Waals surface area contributed by atoms with E-state index in [0.29, 0.717) is 12.1 Å². The van der Waals surface area contributed by atoms with E-state index in [9.17, 15) is 18.0 Å². The van der Waals surface area contributed by atoms with Gasteiger partial charge >= 0.3 is 24.4 Å². The number of halogens is 3. The summed E-state index contributed by atoms with van der Waals surface area (Å²) >= 11 is 0. The molecular weight excluding hydrogens is 383 g/mol. The van der Waals surface area contributed by atoms with Crippen molar-refractivity contribution in [2.75, 3.05) is 7.05 Å². The average molecular weight is 401 g/mol. The maximum atomic E-state index is 13.3. The fraction of sp³-hybridized carbons (Fsp3) is 0.250. The van der Waals surface area contributed by atoms with Gasteiger partial charge in [0.25, 0.3) is 0 Å². The molecule has 0 N–H and O–H groups in total. The van der Waals surface area contributed by atoms with Crippen molar-refractivity contribution in [1.82, 2.24) is 8.97 Å². The van der Waals surface area contributed by atoms with E-state index in [4.69, 9.17) is 0 Å². The van der Waals surface area contributed by atoms with E-state index in [2.05, 4.69) is 10.2 Å². The fourth-order valence-electron chi connectivity index (χ4n) is 3.40. The van der Waals surface area contributed by atoms with Crippen molar-refractivity contribution in [2.24, 2.45) is 10.2 Å². The molecule has 1 aromatic carbocycles. The number of hydrogen-bond acceptors (Lipinski definition) is 3. The Bertz CT molecular complexity index is 1190. The van der Waals surface area contributed by atoms with Crippen molar-refractivity contribution in [3.8, 4) is 5.69 Å². The van der Waals surface area contributed by atoms with Gasteiger partial charge in [0.1, 0.15) is 0 Å². The zero-order valence-corrected chi connectivity index (χ0v) is 15.8. The van der Waals surface area contributed by atoms with E-state index in [1.807, 2.05) is 30.7 Å². The minimum atomic E-state index is -4.54. The van der Waals surface area contributed by atoms with Crippen LogP contribution in [0.25, 0.3) is 11.2 Å². The van der Waals surface area contributed by atoms with Crippen molar-refractivity contribution < 1.29 is 17.7 Å². The molecule has 149 valence electrons. The molecule has 1 atom stereocenters. The highest BCUT2D eigenvalue weighted by molar-refractivity contribution is 5.56. The molecule has 1 radical (unpaired) electrons. The van der Waals surface area contributed by atoms with Gasteiger partial charge in [-0.15, -0.1) is 0 Å². The minimum Gasteiger partial charge on any atom is -0.267 e. The van der Waals surface area contributed by atoms with E-state index in [0.717, 1.165) is 22.2 Å². The van der Waals surface area contributed by atoms with Crippen LogP contribution < -0.4 is 5.69 Å². The average Bonchev–Trinajstić information content (AvgIpc) is 3.24. The largest absolute Gasteiger partial charge is 0.418 e. The molecule has 29 heavy (non-hydrogen) atoms. The molecule has 4 rings (SSSR count).